The van der Waals surface area contributed by atoms with Crippen LogP contribution < -0.4 is 4.90 Å². The van der Waals surface area contributed by atoms with Gasteiger partial charge in [0.25, 0.3) is 0 Å². The number of methoxy groups -OCH3 is 1. The zero-order valence-electron chi connectivity index (χ0n) is 11.8. The summed E-state index contributed by atoms with van der Waals surface area (Å²) in [4.78, 5) is 24.7. The van der Waals surface area contributed by atoms with Crippen molar-refractivity contribution in [2.24, 2.45) is 0 Å². The van der Waals surface area contributed by atoms with E-state index in [1.165, 1.54) is 39.1 Å². The predicted octanol–water partition coefficient (Wildman–Crippen LogP) is 0.938. The highest BCUT2D eigenvalue weighted by atomic mass is 16.5. The van der Waals surface area contributed by atoms with Gasteiger partial charge in [0.05, 0.1) is 19.5 Å². The molecule has 0 bridgehead atoms. The molecular weight excluding hydrogens is 256 g/mol. The lowest BCUT2D eigenvalue weighted by atomic mass is 9.99. The molecule has 0 aliphatic carbocycles. The second-order valence-electron chi connectivity index (χ2n) is 5.38. The quantitative estimate of drug-likeness (QED) is 0.749. The van der Waals surface area contributed by atoms with Crippen LogP contribution >= 0.6 is 0 Å². The molecule has 0 N–H and O–H groups in total. The van der Waals surface area contributed by atoms with Crippen LogP contribution in [0.1, 0.15) is 29.8 Å². The van der Waals surface area contributed by atoms with Gasteiger partial charge >= 0.3 is 5.97 Å². The third kappa shape index (κ3) is 2.60. The number of rotatable bonds is 2. The van der Waals surface area contributed by atoms with E-state index in [0.29, 0.717) is 6.04 Å². The number of carbonyl (C=O) groups excluding carboxylic acids is 1. The van der Waals surface area contributed by atoms with Gasteiger partial charge in [-0.05, 0) is 19.4 Å². The fourth-order valence-electron chi connectivity index (χ4n) is 3.06. The summed E-state index contributed by atoms with van der Waals surface area (Å²) in [6.45, 7) is 4.30. The van der Waals surface area contributed by atoms with Crippen LogP contribution in [0, 0.1) is 0 Å². The first kappa shape index (κ1) is 13.3. The SMILES string of the molecule is COC(=O)c1cnc(N2CCN3CCCCC3C2)cn1. The third-order valence-electron chi connectivity index (χ3n) is 4.19. The normalized spacial score (nSPS) is 23.2. The number of piperidine rings is 1. The molecule has 0 spiro atoms. The average molecular weight is 276 g/mol. The Morgan fingerprint density at radius 2 is 2.15 bits per heavy atom. The molecule has 0 aromatic carbocycles. The molecule has 2 aliphatic rings. The zero-order valence-corrected chi connectivity index (χ0v) is 11.8. The molecule has 2 saturated heterocycles. The summed E-state index contributed by atoms with van der Waals surface area (Å²) < 4.78 is 4.63. The van der Waals surface area contributed by atoms with E-state index in [-0.39, 0.29) is 5.69 Å². The van der Waals surface area contributed by atoms with Gasteiger partial charge in [0, 0.05) is 25.7 Å². The number of aromatic nitrogens is 2. The lowest BCUT2D eigenvalue weighted by Crippen LogP contribution is -2.55. The van der Waals surface area contributed by atoms with Crippen molar-refractivity contribution >= 4 is 11.8 Å². The molecule has 1 atom stereocenters. The van der Waals surface area contributed by atoms with E-state index in [9.17, 15) is 4.79 Å². The van der Waals surface area contributed by atoms with Crippen LogP contribution in [0.25, 0.3) is 0 Å². The monoisotopic (exact) mass is 276 g/mol. The van der Waals surface area contributed by atoms with Crippen LogP contribution in [0.3, 0.4) is 0 Å². The summed E-state index contributed by atoms with van der Waals surface area (Å²) >= 11 is 0. The predicted molar refractivity (Wildman–Crippen MR) is 74.8 cm³/mol. The topological polar surface area (TPSA) is 58.6 Å². The number of anilines is 1. The molecule has 20 heavy (non-hydrogen) atoms. The molecule has 1 aromatic heterocycles. The van der Waals surface area contributed by atoms with Crippen molar-refractivity contribution in [3.05, 3.63) is 18.1 Å². The largest absolute Gasteiger partial charge is 0.464 e. The molecule has 0 saturated carbocycles. The van der Waals surface area contributed by atoms with Crippen LogP contribution in [-0.2, 0) is 4.74 Å². The van der Waals surface area contributed by atoms with E-state index >= 15 is 0 Å². The van der Waals surface area contributed by atoms with Gasteiger partial charge in [-0.1, -0.05) is 6.42 Å². The van der Waals surface area contributed by atoms with E-state index in [1.807, 2.05) is 0 Å². The Morgan fingerprint density at radius 3 is 2.90 bits per heavy atom. The van der Waals surface area contributed by atoms with Gasteiger partial charge in [-0.25, -0.2) is 14.8 Å². The number of fused-ring (bicyclic) bond motifs is 1. The summed E-state index contributed by atoms with van der Waals surface area (Å²) in [6, 6.07) is 0.639. The number of nitrogens with zero attached hydrogens (tertiary/aromatic N) is 4. The number of hydrogen-bond donors (Lipinski definition) is 0. The second kappa shape index (κ2) is 5.75. The number of hydrogen-bond acceptors (Lipinski definition) is 6. The van der Waals surface area contributed by atoms with Gasteiger partial charge in [-0.15, -0.1) is 0 Å². The summed E-state index contributed by atoms with van der Waals surface area (Å²) in [7, 11) is 1.35. The summed E-state index contributed by atoms with van der Waals surface area (Å²) in [5.41, 5.74) is 0.257. The van der Waals surface area contributed by atoms with Gasteiger partial charge in [0.1, 0.15) is 5.82 Å². The van der Waals surface area contributed by atoms with E-state index in [4.69, 9.17) is 0 Å². The lowest BCUT2D eigenvalue weighted by molar-refractivity contribution is 0.0593. The van der Waals surface area contributed by atoms with Crippen molar-refractivity contribution in [1.82, 2.24) is 14.9 Å². The first-order valence-corrected chi connectivity index (χ1v) is 7.17. The highest BCUT2D eigenvalue weighted by Gasteiger charge is 2.29. The van der Waals surface area contributed by atoms with Gasteiger partial charge in [-0.3, -0.25) is 4.90 Å². The maximum Gasteiger partial charge on any atom is 0.358 e. The molecule has 0 amide bonds. The smallest absolute Gasteiger partial charge is 0.358 e. The van der Waals surface area contributed by atoms with Gasteiger partial charge in [0.15, 0.2) is 5.69 Å². The first-order valence-electron chi connectivity index (χ1n) is 7.17. The minimum atomic E-state index is -0.443. The molecule has 1 aromatic rings. The van der Waals surface area contributed by atoms with Gasteiger partial charge in [-0.2, -0.15) is 0 Å². The Kier molecular flexibility index (Phi) is 3.82. The maximum atomic E-state index is 11.3. The fourth-order valence-corrected chi connectivity index (χ4v) is 3.06. The maximum absolute atomic E-state index is 11.3. The van der Waals surface area contributed by atoms with Crippen LogP contribution in [0.15, 0.2) is 12.4 Å². The van der Waals surface area contributed by atoms with Gasteiger partial charge in [0.2, 0.25) is 0 Å². The van der Waals surface area contributed by atoms with Crippen molar-refractivity contribution in [1.29, 1.82) is 0 Å². The number of carbonyl (C=O) groups is 1. The highest BCUT2D eigenvalue weighted by molar-refractivity contribution is 5.86. The minimum absolute atomic E-state index is 0.257. The minimum Gasteiger partial charge on any atom is -0.464 e. The molecule has 2 aliphatic heterocycles. The molecule has 3 rings (SSSR count). The molecule has 1 unspecified atom stereocenters. The van der Waals surface area contributed by atoms with Crippen molar-refractivity contribution < 1.29 is 9.53 Å². The van der Waals surface area contributed by atoms with E-state index < -0.39 is 5.97 Å². The summed E-state index contributed by atoms with van der Waals surface area (Å²) in [5, 5.41) is 0. The Hall–Kier alpha value is -1.69. The molecule has 6 nitrogen and oxygen atoms in total. The lowest BCUT2D eigenvalue weighted by Gasteiger charge is -2.44. The Morgan fingerprint density at radius 1 is 1.25 bits per heavy atom. The Balaban J connectivity index is 1.68. The highest BCUT2D eigenvalue weighted by Crippen LogP contribution is 2.23. The Bertz CT molecular complexity index is 477. The van der Waals surface area contributed by atoms with E-state index in [0.717, 1.165) is 25.5 Å². The third-order valence-corrected chi connectivity index (χ3v) is 4.19. The van der Waals surface area contributed by atoms with Crippen molar-refractivity contribution in [3.8, 4) is 0 Å². The molecule has 6 heteroatoms. The number of esters is 1. The average Bonchev–Trinajstić information content (AvgIpc) is 2.54. The van der Waals surface area contributed by atoms with Crippen LogP contribution in [0.4, 0.5) is 5.82 Å². The van der Waals surface area contributed by atoms with E-state index in [1.54, 1.807) is 6.20 Å². The van der Waals surface area contributed by atoms with Crippen molar-refractivity contribution in [3.63, 3.8) is 0 Å². The first-order chi connectivity index (χ1) is 9.78. The van der Waals surface area contributed by atoms with Gasteiger partial charge < -0.3 is 9.64 Å². The zero-order chi connectivity index (χ0) is 13.9. The second-order valence-corrected chi connectivity index (χ2v) is 5.38. The van der Waals surface area contributed by atoms with Crippen molar-refractivity contribution in [2.45, 2.75) is 25.3 Å². The van der Waals surface area contributed by atoms with Crippen LogP contribution in [0.2, 0.25) is 0 Å². The number of ether oxygens (including phenoxy) is 1. The van der Waals surface area contributed by atoms with Crippen molar-refractivity contribution in [2.75, 3.05) is 38.2 Å². The van der Waals surface area contributed by atoms with Crippen LogP contribution in [0.5, 0.6) is 0 Å². The molecule has 2 fully saturated rings. The molecular formula is C14H20N4O2. The summed E-state index contributed by atoms with van der Waals surface area (Å²) in [6.07, 6.45) is 7.08. The van der Waals surface area contributed by atoms with E-state index in [2.05, 4.69) is 24.5 Å². The fraction of sp³-hybridized carbons (Fsp3) is 0.643. The van der Waals surface area contributed by atoms with Crippen LogP contribution in [-0.4, -0.2) is 60.2 Å². The molecule has 108 valence electrons. The summed E-state index contributed by atoms with van der Waals surface area (Å²) in [5.74, 6) is 0.407. The standard InChI is InChI=1S/C14H20N4O2/c1-20-14(19)12-8-16-13(9-15-12)18-7-6-17-5-3-2-4-11(17)10-18/h8-9,11H,2-7,10H2,1H3. The Labute approximate surface area is 118 Å². The number of piperazine rings is 1. The molecule has 3 heterocycles. The molecule has 0 radical (unpaired) electrons.